The lowest BCUT2D eigenvalue weighted by molar-refractivity contribution is 0.124. The van der Waals surface area contributed by atoms with Gasteiger partial charge in [-0.05, 0) is 34.0 Å². The zero-order chi connectivity index (χ0) is 10.4. The molecule has 3 heteroatoms. The first-order valence-corrected chi connectivity index (χ1v) is 5.16. The van der Waals surface area contributed by atoms with Crippen LogP contribution >= 0.6 is 15.9 Å². The number of benzene rings is 1. The maximum Gasteiger partial charge on any atom is 0.137 e. The summed E-state index contributed by atoms with van der Waals surface area (Å²) in [6.07, 6.45) is 2.60. The van der Waals surface area contributed by atoms with Crippen molar-refractivity contribution in [1.29, 1.82) is 0 Å². The molecule has 0 N–H and O–H groups in total. The van der Waals surface area contributed by atoms with E-state index in [-0.39, 0.29) is 5.82 Å². The lowest BCUT2D eigenvalue weighted by Crippen LogP contribution is -1.96. The zero-order valence-corrected chi connectivity index (χ0v) is 9.39. The quantitative estimate of drug-likeness (QED) is 0.579. The van der Waals surface area contributed by atoms with Gasteiger partial charge in [0.1, 0.15) is 5.82 Å². The summed E-state index contributed by atoms with van der Waals surface area (Å²) in [6.45, 7) is 4.63. The predicted molar refractivity (Wildman–Crippen MR) is 58.6 cm³/mol. The van der Waals surface area contributed by atoms with E-state index >= 15 is 0 Å². The minimum Gasteiger partial charge on any atom is -0.376 e. The standard InChI is InChI=1S/C11H12BrFO/c1-2-3-7-14-8-9-5-4-6-10(13)11(9)12/h2,4-6H,1,3,7-8H2. The lowest BCUT2D eigenvalue weighted by atomic mass is 10.2. The Balaban J connectivity index is 2.50. The van der Waals surface area contributed by atoms with Gasteiger partial charge in [-0.3, -0.25) is 0 Å². The molecule has 0 unspecified atom stereocenters. The third-order valence-electron chi connectivity index (χ3n) is 1.76. The monoisotopic (exact) mass is 258 g/mol. The molecule has 0 atom stereocenters. The minimum atomic E-state index is -0.255. The molecule has 76 valence electrons. The van der Waals surface area contributed by atoms with Gasteiger partial charge < -0.3 is 4.74 Å². The number of hydrogen-bond donors (Lipinski definition) is 0. The van der Waals surface area contributed by atoms with E-state index in [1.807, 2.05) is 6.07 Å². The van der Waals surface area contributed by atoms with Gasteiger partial charge in [0.25, 0.3) is 0 Å². The van der Waals surface area contributed by atoms with Crippen molar-refractivity contribution in [2.24, 2.45) is 0 Å². The van der Waals surface area contributed by atoms with E-state index < -0.39 is 0 Å². The van der Waals surface area contributed by atoms with Crippen LogP contribution in [-0.2, 0) is 11.3 Å². The van der Waals surface area contributed by atoms with Crippen molar-refractivity contribution < 1.29 is 9.13 Å². The fraction of sp³-hybridized carbons (Fsp3) is 0.273. The average Bonchev–Trinajstić information content (AvgIpc) is 2.19. The summed E-state index contributed by atoms with van der Waals surface area (Å²) in [5.41, 5.74) is 0.828. The van der Waals surface area contributed by atoms with E-state index in [0.29, 0.717) is 17.7 Å². The SMILES string of the molecule is C=CCCOCc1cccc(F)c1Br. The van der Waals surface area contributed by atoms with Crippen LogP contribution < -0.4 is 0 Å². The molecule has 14 heavy (non-hydrogen) atoms. The van der Waals surface area contributed by atoms with Crippen molar-refractivity contribution in [3.05, 3.63) is 46.7 Å². The van der Waals surface area contributed by atoms with Gasteiger partial charge in [0.05, 0.1) is 17.7 Å². The van der Waals surface area contributed by atoms with Crippen molar-refractivity contribution in [1.82, 2.24) is 0 Å². The Morgan fingerprint density at radius 3 is 3.00 bits per heavy atom. The fourth-order valence-electron chi connectivity index (χ4n) is 1.01. The molecule has 1 aromatic carbocycles. The third kappa shape index (κ3) is 3.24. The highest BCUT2D eigenvalue weighted by Gasteiger charge is 2.04. The van der Waals surface area contributed by atoms with Gasteiger partial charge in [0.2, 0.25) is 0 Å². The largest absolute Gasteiger partial charge is 0.376 e. The van der Waals surface area contributed by atoms with Gasteiger partial charge in [-0.15, -0.1) is 6.58 Å². The molecule has 0 aliphatic rings. The molecule has 0 saturated heterocycles. The van der Waals surface area contributed by atoms with Gasteiger partial charge >= 0.3 is 0 Å². The molecule has 0 saturated carbocycles. The van der Waals surface area contributed by atoms with Crippen molar-refractivity contribution in [2.45, 2.75) is 13.0 Å². The van der Waals surface area contributed by atoms with Crippen LogP contribution in [-0.4, -0.2) is 6.61 Å². The molecular weight excluding hydrogens is 247 g/mol. The summed E-state index contributed by atoms with van der Waals surface area (Å²) < 4.78 is 18.8. The van der Waals surface area contributed by atoms with Gasteiger partial charge in [-0.1, -0.05) is 18.2 Å². The number of ether oxygens (including phenoxy) is 1. The summed E-state index contributed by atoms with van der Waals surface area (Å²) in [5, 5.41) is 0. The average molecular weight is 259 g/mol. The molecule has 0 amide bonds. The summed E-state index contributed by atoms with van der Waals surface area (Å²) >= 11 is 3.17. The number of halogens is 2. The van der Waals surface area contributed by atoms with Crippen molar-refractivity contribution in [3.8, 4) is 0 Å². The van der Waals surface area contributed by atoms with Gasteiger partial charge in [-0.2, -0.15) is 0 Å². The van der Waals surface area contributed by atoms with Gasteiger partial charge in [0.15, 0.2) is 0 Å². The summed E-state index contributed by atoms with van der Waals surface area (Å²) in [5.74, 6) is -0.255. The van der Waals surface area contributed by atoms with Crippen LogP contribution in [0.5, 0.6) is 0 Å². The van der Waals surface area contributed by atoms with Gasteiger partial charge in [0, 0.05) is 0 Å². The maximum atomic E-state index is 13.0. The molecule has 1 aromatic rings. The Morgan fingerprint density at radius 2 is 2.29 bits per heavy atom. The topological polar surface area (TPSA) is 9.23 Å². The normalized spacial score (nSPS) is 10.1. The minimum absolute atomic E-state index is 0.255. The second-order valence-corrected chi connectivity index (χ2v) is 3.64. The number of rotatable bonds is 5. The molecular formula is C11H12BrFO. The maximum absolute atomic E-state index is 13.0. The molecule has 0 spiro atoms. The summed E-state index contributed by atoms with van der Waals surface area (Å²) in [7, 11) is 0. The van der Waals surface area contributed by atoms with Crippen LogP contribution in [0.3, 0.4) is 0 Å². The van der Waals surface area contributed by atoms with Crippen LogP contribution in [0.15, 0.2) is 35.3 Å². The first kappa shape index (κ1) is 11.4. The van der Waals surface area contributed by atoms with E-state index in [1.165, 1.54) is 6.07 Å². The molecule has 0 aromatic heterocycles. The predicted octanol–water partition coefficient (Wildman–Crippen LogP) is 3.68. The van der Waals surface area contributed by atoms with E-state index in [9.17, 15) is 4.39 Å². The Kier molecular flexibility index (Phi) is 4.84. The Bertz CT molecular complexity index is 312. The van der Waals surface area contributed by atoms with E-state index in [4.69, 9.17) is 4.74 Å². The number of hydrogen-bond acceptors (Lipinski definition) is 1. The summed E-state index contributed by atoms with van der Waals surface area (Å²) in [4.78, 5) is 0. The van der Waals surface area contributed by atoms with Crippen LogP contribution in [0.2, 0.25) is 0 Å². The Labute approximate surface area is 91.7 Å². The van der Waals surface area contributed by atoms with Gasteiger partial charge in [-0.25, -0.2) is 4.39 Å². The second-order valence-electron chi connectivity index (χ2n) is 2.84. The molecule has 1 nitrogen and oxygen atoms in total. The van der Waals surface area contributed by atoms with Crippen LogP contribution in [0.1, 0.15) is 12.0 Å². The molecule has 1 rings (SSSR count). The first-order chi connectivity index (χ1) is 6.75. The molecule has 0 radical (unpaired) electrons. The van der Waals surface area contributed by atoms with Crippen LogP contribution in [0.25, 0.3) is 0 Å². The van der Waals surface area contributed by atoms with E-state index in [1.54, 1.807) is 12.1 Å². The Morgan fingerprint density at radius 1 is 1.50 bits per heavy atom. The highest BCUT2D eigenvalue weighted by molar-refractivity contribution is 9.10. The van der Waals surface area contributed by atoms with Crippen LogP contribution in [0, 0.1) is 5.82 Å². The molecule has 0 bridgehead atoms. The third-order valence-corrected chi connectivity index (χ3v) is 2.64. The van der Waals surface area contributed by atoms with Crippen molar-refractivity contribution in [2.75, 3.05) is 6.61 Å². The fourth-order valence-corrected chi connectivity index (χ4v) is 1.39. The molecule has 0 aliphatic heterocycles. The molecule has 0 aliphatic carbocycles. The van der Waals surface area contributed by atoms with E-state index in [0.717, 1.165) is 12.0 Å². The van der Waals surface area contributed by atoms with E-state index in [2.05, 4.69) is 22.5 Å². The summed E-state index contributed by atoms with van der Waals surface area (Å²) in [6, 6.07) is 4.92. The Hall–Kier alpha value is -0.670. The highest BCUT2D eigenvalue weighted by atomic mass is 79.9. The second kappa shape index (κ2) is 5.94. The van der Waals surface area contributed by atoms with Crippen molar-refractivity contribution >= 4 is 15.9 Å². The zero-order valence-electron chi connectivity index (χ0n) is 7.80. The van der Waals surface area contributed by atoms with Crippen molar-refractivity contribution in [3.63, 3.8) is 0 Å². The lowest BCUT2D eigenvalue weighted by Gasteiger charge is -2.05. The highest BCUT2D eigenvalue weighted by Crippen LogP contribution is 2.20. The smallest absolute Gasteiger partial charge is 0.137 e. The van der Waals surface area contributed by atoms with Crippen LogP contribution in [0.4, 0.5) is 4.39 Å². The molecule has 0 heterocycles. The first-order valence-electron chi connectivity index (χ1n) is 4.37. The molecule has 0 fully saturated rings.